The lowest BCUT2D eigenvalue weighted by Crippen LogP contribution is -2.26. The number of ether oxygens (including phenoxy) is 1. The van der Waals surface area contributed by atoms with Crippen molar-refractivity contribution in [3.63, 3.8) is 0 Å². The van der Waals surface area contributed by atoms with Crippen LogP contribution in [0, 0.1) is 17.2 Å². The van der Waals surface area contributed by atoms with Gasteiger partial charge in [-0.1, -0.05) is 12.8 Å². The third-order valence-electron chi connectivity index (χ3n) is 2.77. The molecule has 0 aromatic rings. The van der Waals surface area contributed by atoms with Crippen LogP contribution in [0.2, 0.25) is 0 Å². The fourth-order valence-electron chi connectivity index (χ4n) is 2.06. The molecule has 68 valence electrons. The van der Waals surface area contributed by atoms with Crippen LogP contribution >= 0.6 is 0 Å². The minimum Gasteiger partial charge on any atom is -0.381 e. The second-order valence-electron chi connectivity index (χ2n) is 3.52. The molecule has 2 unspecified atom stereocenters. The molecule has 2 nitrogen and oxygen atoms in total. The van der Waals surface area contributed by atoms with Crippen LogP contribution in [-0.2, 0) is 4.74 Å². The van der Waals surface area contributed by atoms with Gasteiger partial charge in [0.25, 0.3) is 0 Å². The van der Waals surface area contributed by atoms with E-state index in [4.69, 9.17) is 10.00 Å². The Morgan fingerprint density at radius 3 is 2.83 bits per heavy atom. The molecule has 0 spiro atoms. The van der Waals surface area contributed by atoms with Crippen molar-refractivity contribution in [3.8, 4) is 6.07 Å². The van der Waals surface area contributed by atoms with Crippen molar-refractivity contribution in [3.05, 3.63) is 0 Å². The van der Waals surface area contributed by atoms with Gasteiger partial charge in [0.05, 0.1) is 12.2 Å². The molecule has 1 aliphatic rings. The van der Waals surface area contributed by atoms with E-state index in [1.165, 1.54) is 25.7 Å². The summed E-state index contributed by atoms with van der Waals surface area (Å²) in [5.74, 6) is 0.642. The van der Waals surface area contributed by atoms with E-state index in [0.29, 0.717) is 18.4 Å². The van der Waals surface area contributed by atoms with Crippen molar-refractivity contribution >= 4 is 0 Å². The average Bonchev–Trinajstić information content (AvgIpc) is 2.15. The summed E-state index contributed by atoms with van der Waals surface area (Å²) in [7, 11) is 1.79. The maximum Gasteiger partial charge on any atom is 0.0621 e. The SMILES string of the molecule is COC1CCCCC1CCC#N. The van der Waals surface area contributed by atoms with E-state index in [9.17, 15) is 0 Å². The number of hydrogen-bond donors (Lipinski definition) is 0. The summed E-state index contributed by atoms with van der Waals surface area (Å²) in [4.78, 5) is 0. The minimum atomic E-state index is 0.423. The summed E-state index contributed by atoms with van der Waals surface area (Å²) in [5.41, 5.74) is 0. The smallest absolute Gasteiger partial charge is 0.0621 e. The lowest BCUT2D eigenvalue weighted by atomic mass is 9.83. The Kier molecular flexibility index (Phi) is 4.10. The number of methoxy groups -OCH3 is 1. The van der Waals surface area contributed by atoms with Crippen molar-refractivity contribution < 1.29 is 4.74 Å². The highest BCUT2D eigenvalue weighted by atomic mass is 16.5. The first kappa shape index (κ1) is 9.54. The summed E-state index contributed by atoms with van der Waals surface area (Å²) in [6, 6.07) is 2.20. The highest BCUT2D eigenvalue weighted by Crippen LogP contribution is 2.29. The molecule has 0 radical (unpaired) electrons. The molecule has 1 rings (SSSR count). The Hall–Kier alpha value is -0.550. The van der Waals surface area contributed by atoms with Gasteiger partial charge >= 0.3 is 0 Å². The van der Waals surface area contributed by atoms with Crippen LogP contribution in [0.3, 0.4) is 0 Å². The number of hydrogen-bond acceptors (Lipinski definition) is 2. The van der Waals surface area contributed by atoms with Crippen molar-refractivity contribution in [2.24, 2.45) is 5.92 Å². The second kappa shape index (κ2) is 5.16. The van der Waals surface area contributed by atoms with E-state index in [1.54, 1.807) is 7.11 Å². The highest BCUT2D eigenvalue weighted by molar-refractivity contribution is 4.79. The largest absolute Gasteiger partial charge is 0.381 e. The van der Waals surface area contributed by atoms with E-state index in [2.05, 4.69) is 6.07 Å². The summed E-state index contributed by atoms with van der Waals surface area (Å²) >= 11 is 0. The maximum atomic E-state index is 8.47. The Labute approximate surface area is 74.5 Å². The van der Waals surface area contributed by atoms with Gasteiger partial charge in [-0.3, -0.25) is 0 Å². The van der Waals surface area contributed by atoms with Gasteiger partial charge < -0.3 is 4.74 Å². The summed E-state index contributed by atoms with van der Waals surface area (Å²) < 4.78 is 5.39. The Morgan fingerprint density at radius 2 is 2.17 bits per heavy atom. The zero-order valence-electron chi connectivity index (χ0n) is 7.75. The topological polar surface area (TPSA) is 33.0 Å². The molecular weight excluding hydrogens is 150 g/mol. The fourth-order valence-corrected chi connectivity index (χ4v) is 2.06. The van der Waals surface area contributed by atoms with Crippen molar-refractivity contribution in [1.29, 1.82) is 5.26 Å². The van der Waals surface area contributed by atoms with Crippen molar-refractivity contribution in [2.75, 3.05) is 7.11 Å². The third-order valence-corrected chi connectivity index (χ3v) is 2.77. The van der Waals surface area contributed by atoms with Crippen LogP contribution in [0.5, 0.6) is 0 Å². The van der Waals surface area contributed by atoms with Gasteiger partial charge in [-0.25, -0.2) is 0 Å². The number of nitriles is 1. The molecule has 0 N–H and O–H groups in total. The summed E-state index contributed by atoms with van der Waals surface area (Å²) in [6.45, 7) is 0. The lowest BCUT2D eigenvalue weighted by molar-refractivity contribution is 0.0210. The first-order chi connectivity index (χ1) is 5.88. The van der Waals surface area contributed by atoms with Crippen LogP contribution in [0.4, 0.5) is 0 Å². The lowest BCUT2D eigenvalue weighted by Gasteiger charge is -2.29. The monoisotopic (exact) mass is 167 g/mol. The van der Waals surface area contributed by atoms with Gasteiger partial charge in [0.15, 0.2) is 0 Å². The van der Waals surface area contributed by atoms with E-state index < -0.39 is 0 Å². The first-order valence-corrected chi connectivity index (χ1v) is 4.78. The molecule has 0 bridgehead atoms. The molecule has 2 atom stereocenters. The normalized spacial score (nSPS) is 29.7. The standard InChI is InChI=1S/C10H17NO/c1-12-10-7-3-2-5-9(10)6-4-8-11/h9-10H,2-7H2,1H3. The molecule has 1 saturated carbocycles. The Balaban J connectivity index is 2.32. The first-order valence-electron chi connectivity index (χ1n) is 4.78. The molecule has 0 amide bonds. The summed E-state index contributed by atoms with van der Waals surface area (Å²) in [5, 5.41) is 8.47. The molecule has 2 heteroatoms. The molecule has 1 aliphatic carbocycles. The molecule has 0 aromatic carbocycles. The minimum absolute atomic E-state index is 0.423. The molecule has 0 aromatic heterocycles. The van der Waals surface area contributed by atoms with E-state index in [-0.39, 0.29) is 0 Å². The van der Waals surface area contributed by atoms with Gasteiger partial charge in [-0.05, 0) is 25.2 Å². The van der Waals surface area contributed by atoms with E-state index in [0.717, 1.165) is 6.42 Å². The molecular formula is C10H17NO. The van der Waals surface area contributed by atoms with Gasteiger partial charge in [0.2, 0.25) is 0 Å². The predicted molar refractivity (Wildman–Crippen MR) is 47.6 cm³/mol. The van der Waals surface area contributed by atoms with Crippen LogP contribution in [0.15, 0.2) is 0 Å². The zero-order valence-corrected chi connectivity index (χ0v) is 7.75. The predicted octanol–water partition coefficient (Wildman–Crippen LogP) is 2.50. The number of rotatable bonds is 3. The second-order valence-corrected chi connectivity index (χ2v) is 3.52. The number of nitrogens with zero attached hydrogens (tertiary/aromatic N) is 1. The van der Waals surface area contributed by atoms with Crippen molar-refractivity contribution in [1.82, 2.24) is 0 Å². The van der Waals surface area contributed by atoms with E-state index >= 15 is 0 Å². The highest BCUT2D eigenvalue weighted by Gasteiger charge is 2.23. The summed E-state index contributed by atoms with van der Waals surface area (Å²) in [6.07, 6.45) is 7.18. The third kappa shape index (κ3) is 2.49. The van der Waals surface area contributed by atoms with Crippen LogP contribution in [-0.4, -0.2) is 13.2 Å². The molecule has 1 fully saturated rings. The molecule has 0 saturated heterocycles. The Morgan fingerprint density at radius 1 is 1.42 bits per heavy atom. The molecule has 0 heterocycles. The fraction of sp³-hybridized carbons (Fsp3) is 0.900. The molecule has 12 heavy (non-hydrogen) atoms. The van der Waals surface area contributed by atoms with Gasteiger partial charge in [-0.15, -0.1) is 0 Å². The van der Waals surface area contributed by atoms with Gasteiger partial charge in [0.1, 0.15) is 0 Å². The quantitative estimate of drug-likeness (QED) is 0.647. The zero-order chi connectivity index (χ0) is 8.81. The van der Waals surface area contributed by atoms with Crippen LogP contribution in [0.1, 0.15) is 38.5 Å². The Bertz CT molecular complexity index is 162. The molecule has 0 aliphatic heterocycles. The van der Waals surface area contributed by atoms with Crippen LogP contribution in [0.25, 0.3) is 0 Å². The van der Waals surface area contributed by atoms with Gasteiger partial charge in [-0.2, -0.15) is 5.26 Å². The van der Waals surface area contributed by atoms with Crippen molar-refractivity contribution in [2.45, 2.75) is 44.6 Å². The average molecular weight is 167 g/mol. The van der Waals surface area contributed by atoms with Gasteiger partial charge in [0, 0.05) is 13.5 Å². The maximum absolute atomic E-state index is 8.47. The van der Waals surface area contributed by atoms with Crippen LogP contribution < -0.4 is 0 Å². The van der Waals surface area contributed by atoms with E-state index in [1.807, 2.05) is 0 Å².